The number of hydrogen-bond acceptors (Lipinski definition) is 4. The summed E-state index contributed by atoms with van der Waals surface area (Å²) in [7, 11) is -2.15. The van der Waals surface area contributed by atoms with Crippen LogP contribution in [-0.2, 0) is 14.8 Å². The number of nitrogens with one attached hydrogen (secondary N) is 3. The predicted molar refractivity (Wildman–Crippen MR) is 81.6 cm³/mol. The molecule has 0 aliphatic carbocycles. The molecule has 1 heterocycles. The molecule has 0 saturated carbocycles. The first kappa shape index (κ1) is 15.9. The Kier molecular flexibility index (Phi) is 4.97. The van der Waals surface area contributed by atoms with Gasteiger partial charge < -0.3 is 10.6 Å². The summed E-state index contributed by atoms with van der Waals surface area (Å²) < 4.78 is 25.9. The molecule has 1 amide bonds. The Bertz CT molecular complexity index is 622. The minimum absolute atomic E-state index is 0.0655. The molecule has 7 heteroatoms. The minimum Gasteiger partial charge on any atom is -0.326 e. The van der Waals surface area contributed by atoms with Crippen LogP contribution < -0.4 is 15.4 Å². The fraction of sp³-hybridized carbons (Fsp3) is 0.500. The molecule has 1 atom stereocenters. The van der Waals surface area contributed by atoms with E-state index in [1.807, 2.05) is 6.92 Å². The Morgan fingerprint density at radius 3 is 2.76 bits per heavy atom. The molecule has 1 aliphatic heterocycles. The normalized spacial score (nSPS) is 19.2. The van der Waals surface area contributed by atoms with E-state index in [1.54, 1.807) is 6.07 Å². The molecule has 2 rings (SSSR count). The van der Waals surface area contributed by atoms with E-state index in [2.05, 4.69) is 15.4 Å². The largest absolute Gasteiger partial charge is 0.326 e. The highest BCUT2D eigenvalue weighted by atomic mass is 32.2. The molecule has 1 saturated heterocycles. The van der Waals surface area contributed by atoms with Crippen LogP contribution in [-0.4, -0.2) is 34.5 Å². The number of carbonyl (C=O) groups is 1. The topological polar surface area (TPSA) is 87.3 Å². The van der Waals surface area contributed by atoms with Crippen LogP contribution in [0.15, 0.2) is 23.1 Å². The molecule has 1 aromatic carbocycles. The third-order valence-corrected chi connectivity index (χ3v) is 5.13. The molecular weight excluding hydrogens is 290 g/mol. The number of carbonyl (C=O) groups excluding carboxylic acids is 1. The van der Waals surface area contributed by atoms with Gasteiger partial charge in [0.2, 0.25) is 15.9 Å². The fourth-order valence-corrected chi connectivity index (χ4v) is 3.09. The van der Waals surface area contributed by atoms with Crippen molar-refractivity contribution in [3.63, 3.8) is 0 Å². The van der Waals surface area contributed by atoms with Gasteiger partial charge in [0, 0.05) is 12.2 Å². The molecule has 6 nitrogen and oxygen atoms in total. The quantitative estimate of drug-likeness (QED) is 0.769. The van der Waals surface area contributed by atoms with E-state index in [9.17, 15) is 13.2 Å². The second kappa shape index (κ2) is 6.55. The number of rotatable bonds is 4. The second-order valence-corrected chi connectivity index (χ2v) is 7.10. The number of anilines is 1. The van der Waals surface area contributed by atoms with Gasteiger partial charge in [-0.25, -0.2) is 13.1 Å². The maximum Gasteiger partial charge on any atom is 0.240 e. The van der Waals surface area contributed by atoms with Crippen LogP contribution in [0.3, 0.4) is 0 Å². The molecule has 0 bridgehead atoms. The Balaban J connectivity index is 2.19. The zero-order chi connectivity index (χ0) is 15.5. The molecule has 1 aliphatic rings. The van der Waals surface area contributed by atoms with Crippen molar-refractivity contribution in [2.24, 2.45) is 5.92 Å². The Morgan fingerprint density at radius 1 is 1.38 bits per heavy atom. The van der Waals surface area contributed by atoms with Gasteiger partial charge in [-0.05, 0) is 51.1 Å². The highest BCUT2D eigenvalue weighted by Crippen LogP contribution is 2.21. The van der Waals surface area contributed by atoms with Crippen molar-refractivity contribution < 1.29 is 13.2 Å². The molecule has 1 unspecified atom stereocenters. The van der Waals surface area contributed by atoms with Crippen LogP contribution in [0.5, 0.6) is 0 Å². The van der Waals surface area contributed by atoms with Crippen molar-refractivity contribution in [3.05, 3.63) is 23.8 Å². The van der Waals surface area contributed by atoms with E-state index < -0.39 is 10.0 Å². The van der Waals surface area contributed by atoms with Crippen LogP contribution in [0.1, 0.15) is 18.4 Å². The molecule has 0 aromatic heterocycles. The predicted octanol–water partition coefficient (Wildman–Crippen LogP) is 0.841. The van der Waals surface area contributed by atoms with Gasteiger partial charge >= 0.3 is 0 Å². The molecule has 3 N–H and O–H groups in total. The van der Waals surface area contributed by atoms with Gasteiger partial charge in [0.05, 0.1) is 10.8 Å². The number of amides is 1. The molecule has 1 fully saturated rings. The van der Waals surface area contributed by atoms with Gasteiger partial charge in [0.25, 0.3) is 0 Å². The van der Waals surface area contributed by atoms with E-state index in [4.69, 9.17) is 0 Å². The average Bonchev–Trinajstić information content (AvgIpc) is 2.50. The van der Waals surface area contributed by atoms with Crippen molar-refractivity contribution >= 4 is 21.6 Å². The number of sulfonamides is 1. The van der Waals surface area contributed by atoms with Crippen molar-refractivity contribution in [2.75, 3.05) is 25.5 Å². The van der Waals surface area contributed by atoms with Crippen LogP contribution in [0.4, 0.5) is 5.69 Å². The third kappa shape index (κ3) is 3.81. The zero-order valence-corrected chi connectivity index (χ0v) is 13.1. The Hall–Kier alpha value is -1.44. The maximum atomic E-state index is 12.2. The van der Waals surface area contributed by atoms with Crippen LogP contribution in [0, 0.1) is 12.8 Å². The lowest BCUT2D eigenvalue weighted by Crippen LogP contribution is -2.37. The van der Waals surface area contributed by atoms with E-state index in [0.717, 1.165) is 24.9 Å². The first-order valence-corrected chi connectivity index (χ1v) is 8.48. The zero-order valence-electron chi connectivity index (χ0n) is 12.3. The first-order chi connectivity index (χ1) is 9.94. The summed E-state index contributed by atoms with van der Waals surface area (Å²) in [6, 6.07) is 4.72. The van der Waals surface area contributed by atoms with Gasteiger partial charge in [-0.1, -0.05) is 6.07 Å². The van der Waals surface area contributed by atoms with Gasteiger partial charge in [-0.15, -0.1) is 0 Å². The monoisotopic (exact) mass is 311 g/mol. The van der Waals surface area contributed by atoms with Crippen LogP contribution in [0.2, 0.25) is 0 Å². The van der Waals surface area contributed by atoms with Crippen molar-refractivity contribution in [1.29, 1.82) is 0 Å². The number of benzene rings is 1. The lowest BCUT2D eigenvalue weighted by molar-refractivity contribution is -0.120. The summed E-state index contributed by atoms with van der Waals surface area (Å²) in [6.07, 6.45) is 1.83. The summed E-state index contributed by atoms with van der Waals surface area (Å²) in [5.74, 6) is -0.132. The highest BCUT2D eigenvalue weighted by Gasteiger charge is 2.22. The molecule has 1 aromatic rings. The van der Waals surface area contributed by atoms with Gasteiger partial charge in [0.15, 0.2) is 0 Å². The minimum atomic E-state index is -3.51. The van der Waals surface area contributed by atoms with Gasteiger partial charge in [0.1, 0.15) is 0 Å². The van der Waals surface area contributed by atoms with Crippen LogP contribution >= 0.6 is 0 Å². The van der Waals surface area contributed by atoms with E-state index >= 15 is 0 Å². The fourth-order valence-electron chi connectivity index (χ4n) is 2.33. The first-order valence-electron chi connectivity index (χ1n) is 7.00. The van der Waals surface area contributed by atoms with Crippen molar-refractivity contribution in [1.82, 2.24) is 10.0 Å². The summed E-state index contributed by atoms with van der Waals surface area (Å²) >= 11 is 0. The molecule has 116 valence electrons. The second-order valence-electron chi connectivity index (χ2n) is 5.22. The summed E-state index contributed by atoms with van der Waals surface area (Å²) in [5, 5.41) is 6.04. The number of aryl methyl sites for hydroxylation is 1. The van der Waals surface area contributed by atoms with Crippen LogP contribution in [0.25, 0.3) is 0 Å². The van der Waals surface area contributed by atoms with Gasteiger partial charge in [-0.3, -0.25) is 4.79 Å². The lowest BCUT2D eigenvalue weighted by atomic mass is 9.98. The molecule has 0 spiro atoms. The van der Waals surface area contributed by atoms with Crippen molar-refractivity contribution in [3.8, 4) is 0 Å². The third-order valence-electron chi connectivity index (χ3n) is 3.71. The number of hydrogen-bond donors (Lipinski definition) is 3. The standard InChI is InChI=1S/C14H21N3O3S/c1-10-5-6-12(21(19,20)15-2)8-13(10)17-14(18)11-4-3-7-16-9-11/h5-6,8,11,15-16H,3-4,7,9H2,1-2H3,(H,17,18). The maximum absolute atomic E-state index is 12.2. The highest BCUT2D eigenvalue weighted by molar-refractivity contribution is 7.89. The Morgan fingerprint density at radius 2 is 2.14 bits per heavy atom. The molecule has 21 heavy (non-hydrogen) atoms. The number of piperidine rings is 1. The average molecular weight is 311 g/mol. The van der Waals surface area contributed by atoms with E-state index in [0.29, 0.717) is 12.2 Å². The van der Waals surface area contributed by atoms with Gasteiger partial charge in [-0.2, -0.15) is 0 Å². The molecule has 0 radical (unpaired) electrons. The smallest absolute Gasteiger partial charge is 0.240 e. The summed E-state index contributed by atoms with van der Waals surface area (Å²) in [5.41, 5.74) is 1.38. The van der Waals surface area contributed by atoms with Crippen molar-refractivity contribution in [2.45, 2.75) is 24.7 Å². The lowest BCUT2D eigenvalue weighted by Gasteiger charge is -2.22. The summed E-state index contributed by atoms with van der Waals surface area (Å²) in [4.78, 5) is 12.4. The van der Waals surface area contributed by atoms with E-state index in [-0.39, 0.29) is 16.7 Å². The Labute approximate surface area is 125 Å². The summed E-state index contributed by atoms with van der Waals surface area (Å²) in [6.45, 7) is 3.45. The molecular formula is C14H21N3O3S. The van der Waals surface area contributed by atoms with E-state index in [1.165, 1.54) is 19.2 Å². The SMILES string of the molecule is CNS(=O)(=O)c1ccc(C)c(NC(=O)C2CCCNC2)c1.